The lowest BCUT2D eigenvalue weighted by atomic mass is 10.1. The number of nitrogens with zero attached hydrogens (tertiary/aromatic N) is 1. The molecule has 1 aliphatic heterocycles. The molecule has 3 rings (SSSR count). The largest absolute Gasteiger partial charge is 0.494 e. The Balaban J connectivity index is 1.88. The van der Waals surface area contributed by atoms with Gasteiger partial charge in [-0.3, -0.25) is 4.79 Å². The molecule has 0 aliphatic carbocycles. The van der Waals surface area contributed by atoms with E-state index >= 15 is 0 Å². The highest BCUT2D eigenvalue weighted by Gasteiger charge is 2.35. The van der Waals surface area contributed by atoms with Crippen LogP contribution in [-0.2, 0) is 16.4 Å². The molecule has 1 atom stereocenters. The van der Waals surface area contributed by atoms with Gasteiger partial charge in [-0.05, 0) is 48.7 Å². The van der Waals surface area contributed by atoms with E-state index < -0.39 is 9.84 Å². The van der Waals surface area contributed by atoms with E-state index in [2.05, 4.69) is 0 Å². The number of hydrogen-bond donors (Lipinski definition) is 0. The molecule has 1 heterocycles. The third-order valence-corrected chi connectivity index (χ3v) is 6.69. The molecule has 28 heavy (non-hydrogen) atoms. The minimum atomic E-state index is -3.12. The van der Waals surface area contributed by atoms with Crippen molar-refractivity contribution < 1.29 is 17.9 Å². The highest BCUT2D eigenvalue weighted by atomic mass is 35.5. The Morgan fingerprint density at radius 1 is 1.21 bits per heavy atom. The third kappa shape index (κ3) is 5.26. The first-order chi connectivity index (χ1) is 13.4. The van der Waals surface area contributed by atoms with Crippen LogP contribution in [0.1, 0.15) is 35.7 Å². The van der Waals surface area contributed by atoms with E-state index in [0.29, 0.717) is 35.9 Å². The van der Waals surface area contributed by atoms with Crippen molar-refractivity contribution in [2.24, 2.45) is 0 Å². The summed E-state index contributed by atoms with van der Waals surface area (Å²) in [5.41, 5.74) is 1.35. The number of rotatable bonds is 7. The standard InChI is InChI=1S/C21H24ClNO4S/c1-2-10-27-20-8-4-6-17(13-20)21(24)23(19-9-11-28(25,26)15-19)14-16-5-3-7-18(22)12-16/h3-8,12-13,19H,2,9-11,14-15H2,1H3/t19-/m1/s1. The molecule has 0 saturated carbocycles. The number of sulfone groups is 1. The van der Waals surface area contributed by atoms with Crippen LogP contribution < -0.4 is 4.74 Å². The van der Waals surface area contributed by atoms with Crippen LogP contribution in [-0.4, -0.2) is 43.4 Å². The predicted molar refractivity (Wildman–Crippen MR) is 111 cm³/mol. The number of hydrogen-bond acceptors (Lipinski definition) is 4. The van der Waals surface area contributed by atoms with Crippen molar-refractivity contribution in [3.05, 3.63) is 64.7 Å². The van der Waals surface area contributed by atoms with Crippen molar-refractivity contribution in [3.63, 3.8) is 0 Å². The Bertz CT molecular complexity index is 945. The summed E-state index contributed by atoms with van der Waals surface area (Å²) in [6.07, 6.45) is 1.32. The van der Waals surface area contributed by atoms with E-state index in [1.165, 1.54) is 0 Å². The van der Waals surface area contributed by atoms with E-state index in [1.54, 1.807) is 35.2 Å². The number of benzene rings is 2. The van der Waals surface area contributed by atoms with E-state index in [4.69, 9.17) is 16.3 Å². The van der Waals surface area contributed by atoms with E-state index in [9.17, 15) is 13.2 Å². The van der Waals surface area contributed by atoms with Gasteiger partial charge in [-0.2, -0.15) is 0 Å². The first-order valence-corrected chi connectivity index (χ1v) is 11.6. The van der Waals surface area contributed by atoms with Crippen molar-refractivity contribution in [1.29, 1.82) is 0 Å². The lowest BCUT2D eigenvalue weighted by Gasteiger charge is -2.29. The zero-order valence-corrected chi connectivity index (χ0v) is 17.4. The zero-order chi connectivity index (χ0) is 20.1. The molecule has 0 bridgehead atoms. The average Bonchev–Trinajstić information content (AvgIpc) is 3.03. The number of halogens is 1. The first-order valence-electron chi connectivity index (χ1n) is 9.36. The van der Waals surface area contributed by atoms with Gasteiger partial charge in [-0.25, -0.2) is 8.42 Å². The summed E-state index contributed by atoms with van der Waals surface area (Å²) >= 11 is 6.08. The number of carbonyl (C=O) groups excluding carboxylic acids is 1. The smallest absolute Gasteiger partial charge is 0.254 e. The third-order valence-electron chi connectivity index (χ3n) is 4.71. The fourth-order valence-corrected chi connectivity index (χ4v) is 5.27. The molecule has 0 spiro atoms. The lowest BCUT2D eigenvalue weighted by Crippen LogP contribution is -2.40. The molecule has 0 unspecified atom stereocenters. The maximum absolute atomic E-state index is 13.3. The van der Waals surface area contributed by atoms with Gasteiger partial charge in [0.15, 0.2) is 9.84 Å². The maximum Gasteiger partial charge on any atom is 0.254 e. The summed E-state index contributed by atoms with van der Waals surface area (Å²) < 4.78 is 29.6. The van der Waals surface area contributed by atoms with Crippen molar-refractivity contribution in [2.45, 2.75) is 32.4 Å². The summed E-state index contributed by atoms with van der Waals surface area (Å²) in [6, 6.07) is 14.0. The van der Waals surface area contributed by atoms with Crippen molar-refractivity contribution >= 4 is 27.3 Å². The zero-order valence-electron chi connectivity index (χ0n) is 15.8. The van der Waals surface area contributed by atoms with Crippen LogP contribution >= 0.6 is 11.6 Å². The molecule has 1 aliphatic rings. The second-order valence-corrected chi connectivity index (χ2v) is 9.66. The Morgan fingerprint density at radius 3 is 2.68 bits per heavy atom. The number of amides is 1. The molecule has 1 saturated heterocycles. The Hall–Kier alpha value is -2.05. The normalized spacial score (nSPS) is 18.0. The van der Waals surface area contributed by atoms with Crippen LogP contribution in [0.5, 0.6) is 5.75 Å². The van der Waals surface area contributed by atoms with Gasteiger partial charge in [-0.1, -0.05) is 36.7 Å². The second kappa shape index (κ2) is 8.97. The lowest BCUT2D eigenvalue weighted by molar-refractivity contribution is 0.0680. The molecule has 0 N–H and O–H groups in total. The fourth-order valence-electron chi connectivity index (χ4n) is 3.32. The molecule has 7 heteroatoms. The minimum absolute atomic E-state index is 0.00860. The molecule has 2 aromatic carbocycles. The first kappa shape index (κ1) is 20.7. The Labute approximate surface area is 171 Å². The van der Waals surface area contributed by atoms with Crippen molar-refractivity contribution in [3.8, 4) is 5.75 Å². The molecule has 1 fully saturated rings. The van der Waals surface area contributed by atoms with E-state index in [0.717, 1.165) is 12.0 Å². The molecular weight excluding hydrogens is 398 g/mol. The van der Waals surface area contributed by atoms with Gasteiger partial charge in [0, 0.05) is 23.2 Å². The van der Waals surface area contributed by atoms with Gasteiger partial charge in [0.1, 0.15) is 5.75 Å². The van der Waals surface area contributed by atoms with Crippen LogP contribution in [0.3, 0.4) is 0 Å². The minimum Gasteiger partial charge on any atom is -0.494 e. The Morgan fingerprint density at radius 2 is 2.00 bits per heavy atom. The van der Waals surface area contributed by atoms with Crippen LogP contribution in [0.4, 0.5) is 0 Å². The van der Waals surface area contributed by atoms with Gasteiger partial charge >= 0.3 is 0 Å². The quantitative estimate of drug-likeness (QED) is 0.678. The number of ether oxygens (including phenoxy) is 1. The monoisotopic (exact) mass is 421 g/mol. The van der Waals surface area contributed by atoms with E-state index in [1.807, 2.05) is 25.1 Å². The predicted octanol–water partition coefficient (Wildman–Crippen LogP) is 3.96. The highest BCUT2D eigenvalue weighted by Crippen LogP contribution is 2.24. The van der Waals surface area contributed by atoms with E-state index in [-0.39, 0.29) is 23.5 Å². The summed E-state index contributed by atoms with van der Waals surface area (Å²) in [4.78, 5) is 14.9. The summed E-state index contributed by atoms with van der Waals surface area (Å²) in [6.45, 7) is 2.90. The molecular formula is C21H24ClNO4S. The van der Waals surface area contributed by atoms with Gasteiger partial charge in [-0.15, -0.1) is 0 Å². The molecule has 150 valence electrons. The van der Waals surface area contributed by atoms with Crippen LogP contribution in [0, 0.1) is 0 Å². The highest BCUT2D eigenvalue weighted by molar-refractivity contribution is 7.91. The average molecular weight is 422 g/mol. The van der Waals surface area contributed by atoms with Crippen LogP contribution in [0.25, 0.3) is 0 Å². The van der Waals surface area contributed by atoms with Crippen LogP contribution in [0.15, 0.2) is 48.5 Å². The Kier molecular flexibility index (Phi) is 6.62. The van der Waals surface area contributed by atoms with Gasteiger partial charge < -0.3 is 9.64 Å². The summed E-state index contributed by atoms with van der Waals surface area (Å²) in [7, 11) is -3.12. The van der Waals surface area contributed by atoms with Gasteiger partial charge in [0.05, 0.1) is 18.1 Å². The SMILES string of the molecule is CCCOc1cccc(C(=O)N(Cc2cccc(Cl)c2)[C@@H]2CCS(=O)(=O)C2)c1. The van der Waals surface area contributed by atoms with Gasteiger partial charge in [0.25, 0.3) is 5.91 Å². The molecule has 0 aromatic heterocycles. The van der Waals surface area contributed by atoms with Crippen molar-refractivity contribution in [2.75, 3.05) is 18.1 Å². The van der Waals surface area contributed by atoms with Crippen LogP contribution in [0.2, 0.25) is 5.02 Å². The maximum atomic E-state index is 13.3. The van der Waals surface area contributed by atoms with Gasteiger partial charge in [0.2, 0.25) is 0 Å². The topological polar surface area (TPSA) is 63.7 Å². The molecule has 5 nitrogen and oxygen atoms in total. The summed E-state index contributed by atoms with van der Waals surface area (Å²) in [5, 5.41) is 0.582. The molecule has 1 amide bonds. The molecule has 2 aromatic rings. The number of carbonyl (C=O) groups is 1. The summed E-state index contributed by atoms with van der Waals surface area (Å²) in [5.74, 6) is 0.528. The second-order valence-electron chi connectivity index (χ2n) is 7.00. The van der Waals surface area contributed by atoms with Crippen molar-refractivity contribution in [1.82, 2.24) is 4.90 Å². The fraction of sp³-hybridized carbons (Fsp3) is 0.381. The molecule has 0 radical (unpaired) electrons.